The fourth-order valence-corrected chi connectivity index (χ4v) is 2.07. The lowest BCUT2D eigenvalue weighted by molar-refractivity contribution is -0.155. The van der Waals surface area contributed by atoms with Gasteiger partial charge in [-0.25, -0.2) is 4.79 Å². The van der Waals surface area contributed by atoms with Crippen LogP contribution in [0.25, 0.3) is 0 Å². The summed E-state index contributed by atoms with van der Waals surface area (Å²) in [5.74, 6) is 0. The maximum Gasteiger partial charge on any atom is 0.328 e. The Balaban J connectivity index is 3.04. The van der Waals surface area contributed by atoms with E-state index in [0.717, 1.165) is 0 Å². The Morgan fingerprint density at radius 1 is 1.06 bits per heavy atom. The molecule has 1 saturated heterocycles. The van der Waals surface area contributed by atoms with E-state index in [1.807, 2.05) is 0 Å². The van der Waals surface area contributed by atoms with Gasteiger partial charge in [-0.05, 0) is 12.8 Å². The Bertz CT molecular complexity index is 263. The highest BCUT2D eigenvalue weighted by Gasteiger charge is 2.50. The minimum atomic E-state index is -0.964. The molecule has 0 aromatic carbocycles. The Kier molecular flexibility index (Phi) is 5.33. The number of carbonyl (C=O) groups is 1. The van der Waals surface area contributed by atoms with Gasteiger partial charge in [-0.3, -0.25) is 9.80 Å². The minimum Gasteiger partial charge on any atom is -0.373 e. The molecule has 1 fully saturated rings. The third-order valence-electron chi connectivity index (χ3n) is 3.09. The summed E-state index contributed by atoms with van der Waals surface area (Å²) in [6, 6.07) is -0.489. The number of hydrogen-bond acceptors (Lipinski definition) is 5. The van der Waals surface area contributed by atoms with Gasteiger partial charge in [0.2, 0.25) is 0 Å². The number of urea groups is 1. The molecule has 2 N–H and O–H groups in total. The van der Waals surface area contributed by atoms with Crippen molar-refractivity contribution >= 4 is 6.03 Å². The average Bonchev–Trinajstić information content (AvgIpc) is 2.68. The molecule has 0 spiro atoms. The van der Waals surface area contributed by atoms with Crippen molar-refractivity contribution in [3.8, 4) is 0 Å². The first kappa shape index (κ1) is 15.2. The lowest BCUT2D eigenvalue weighted by Gasteiger charge is -2.28. The molecule has 0 aliphatic carbocycles. The number of rotatable bonds is 6. The molecule has 0 bridgehead atoms. The lowest BCUT2D eigenvalue weighted by Crippen LogP contribution is -2.45. The van der Waals surface area contributed by atoms with E-state index in [-0.39, 0.29) is 0 Å². The van der Waals surface area contributed by atoms with E-state index >= 15 is 0 Å². The zero-order chi connectivity index (χ0) is 13.9. The van der Waals surface area contributed by atoms with E-state index in [4.69, 9.17) is 9.47 Å². The van der Waals surface area contributed by atoms with Crippen LogP contribution in [-0.4, -0.2) is 65.2 Å². The number of amides is 2. The van der Waals surface area contributed by atoms with Crippen molar-refractivity contribution in [3.05, 3.63) is 0 Å². The number of aliphatic hydroxyl groups is 2. The molecule has 1 aliphatic heterocycles. The van der Waals surface area contributed by atoms with Crippen LogP contribution in [0.3, 0.4) is 0 Å². The van der Waals surface area contributed by atoms with Gasteiger partial charge in [0, 0.05) is 14.2 Å². The van der Waals surface area contributed by atoms with E-state index in [0.29, 0.717) is 12.8 Å². The molecule has 7 heteroatoms. The molecule has 4 unspecified atom stereocenters. The van der Waals surface area contributed by atoms with Crippen molar-refractivity contribution in [2.45, 2.75) is 51.6 Å². The molecule has 106 valence electrons. The van der Waals surface area contributed by atoms with Crippen LogP contribution in [-0.2, 0) is 9.47 Å². The standard InChI is InChI=1S/C11H22N2O5/c1-5-7(14)12-9(17-3)10(18-4)13(11(12)16)8(15)6-2/h7-10,14-15H,5-6H2,1-4H3. The Hall–Kier alpha value is -0.890. The third-order valence-corrected chi connectivity index (χ3v) is 3.09. The molecule has 0 aromatic heterocycles. The molecular weight excluding hydrogens is 240 g/mol. The highest BCUT2D eigenvalue weighted by molar-refractivity contribution is 5.77. The van der Waals surface area contributed by atoms with E-state index < -0.39 is 30.9 Å². The van der Waals surface area contributed by atoms with Crippen LogP contribution in [0.1, 0.15) is 26.7 Å². The zero-order valence-corrected chi connectivity index (χ0v) is 11.2. The Labute approximate surface area is 107 Å². The van der Waals surface area contributed by atoms with Gasteiger partial charge in [-0.1, -0.05) is 13.8 Å². The number of carbonyl (C=O) groups excluding carboxylic acids is 1. The summed E-state index contributed by atoms with van der Waals surface area (Å²) in [6.07, 6.45) is -2.66. The van der Waals surface area contributed by atoms with E-state index in [1.165, 1.54) is 24.0 Å². The van der Waals surface area contributed by atoms with Crippen molar-refractivity contribution in [2.75, 3.05) is 14.2 Å². The van der Waals surface area contributed by atoms with Crippen LogP contribution in [0, 0.1) is 0 Å². The lowest BCUT2D eigenvalue weighted by atomic mass is 10.3. The second-order valence-electron chi connectivity index (χ2n) is 4.13. The smallest absolute Gasteiger partial charge is 0.328 e. The summed E-state index contributed by atoms with van der Waals surface area (Å²) in [7, 11) is 2.86. The molecule has 4 atom stereocenters. The first-order chi connectivity index (χ1) is 8.53. The second kappa shape index (κ2) is 6.33. The van der Waals surface area contributed by atoms with E-state index in [2.05, 4.69) is 0 Å². The number of aliphatic hydroxyl groups excluding tert-OH is 2. The molecule has 1 heterocycles. The minimum absolute atomic E-state index is 0.373. The maximum atomic E-state index is 12.2. The van der Waals surface area contributed by atoms with Gasteiger partial charge in [0.05, 0.1) is 0 Å². The molecular formula is C11H22N2O5. The summed E-state index contributed by atoms with van der Waals surface area (Å²) in [6.45, 7) is 3.51. The summed E-state index contributed by atoms with van der Waals surface area (Å²) >= 11 is 0. The monoisotopic (exact) mass is 262 g/mol. The van der Waals surface area contributed by atoms with E-state index in [1.54, 1.807) is 13.8 Å². The van der Waals surface area contributed by atoms with Crippen LogP contribution < -0.4 is 0 Å². The number of nitrogens with zero attached hydrogens (tertiary/aromatic N) is 2. The predicted octanol–water partition coefficient (Wildman–Crippen LogP) is 0.126. The number of ether oxygens (including phenoxy) is 2. The van der Waals surface area contributed by atoms with Gasteiger partial charge in [0.15, 0.2) is 12.5 Å². The molecule has 0 radical (unpaired) electrons. The van der Waals surface area contributed by atoms with Crippen LogP contribution in [0.2, 0.25) is 0 Å². The number of methoxy groups -OCH3 is 2. The first-order valence-electron chi connectivity index (χ1n) is 6.05. The summed E-state index contributed by atoms with van der Waals surface area (Å²) in [5.41, 5.74) is 0. The second-order valence-corrected chi connectivity index (χ2v) is 4.13. The molecule has 18 heavy (non-hydrogen) atoms. The van der Waals surface area contributed by atoms with Crippen molar-refractivity contribution in [1.29, 1.82) is 0 Å². The van der Waals surface area contributed by atoms with Crippen LogP contribution in [0.15, 0.2) is 0 Å². The average molecular weight is 262 g/mol. The van der Waals surface area contributed by atoms with Crippen LogP contribution in [0.5, 0.6) is 0 Å². The topological polar surface area (TPSA) is 82.5 Å². The van der Waals surface area contributed by atoms with Gasteiger partial charge in [-0.2, -0.15) is 0 Å². The fourth-order valence-electron chi connectivity index (χ4n) is 2.07. The molecule has 0 aromatic rings. The summed E-state index contributed by atoms with van der Waals surface area (Å²) < 4.78 is 10.4. The third kappa shape index (κ3) is 2.44. The SMILES string of the molecule is CCC(O)N1C(=O)N(C(O)CC)C(OC)C1OC. The van der Waals surface area contributed by atoms with Crippen LogP contribution in [0.4, 0.5) is 4.79 Å². The van der Waals surface area contributed by atoms with Gasteiger partial charge in [0.25, 0.3) is 0 Å². The highest BCUT2D eigenvalue weighted by Crippen LogP contribution is 2.28. The fraction of sp³-hybridized carbons (Fsp3) is 0.909. The van der Waals surface area contributed by atoms with Gasteiger partial charge in [-0.15, -0.1) is 0 Å². The zero-order valence-electron chi connectivity index (χ0n) is 11.2. The largest absolute Gasteiger partial charge is 0.373 e. The summed E-state index contributed by atoms with van der Waals surface area (Å²) in [5, 5.41) is 19.8. The van der Waals surface area contributed by atoms with Crippen molar-refractivity contribution in [1.82, 2.24) is 9.80 Å². The highest BCUT2D eigenvalue weighted by atomic mass is 16.6. The van der Waals surface area contributed by atoms with Crippen molar-refractivity contribution in [3.63, 3.8) is 0 Å². The van der Waals surface area contributed by atoms with Gasteiger partial charge >= 0.3 is 6.03 Å². The van der Waals surface area contributed by atoms with Gasteiger partial charge in [0.1, 0.15) is 12.5 Å². The maximum absolute atomic E-state index is 12.2. The van der Waals surface area contributed by atoms with Crippen LogP contribution >= 0.6 is 0 Å². The van der Waals surface area contributed by atoms with Crippen molar-refractivity contribution in [2.24, 2.45) is 0 Å². The molecule has 7 nitrogen and oxygen atoms in total. The normalized spacial score (nSPS) is 27.8. The predicted molar refractivity (Wildman–Crippen MR) is 63.3 cm³/mol. The molecule has 1 rings (SSSR count). The number of hydrogen-bond donors (Lipinski definition) is 2. The molecule has 1 aliphatic rings. The van der Waals surface area contributed by atoms with Gasteiger partial charge < -0.3 is 19.7 Å². The van der Waals surface area contributed by atoms with E-state index in [9.17, 15) is 15.0 Å². The Morgan fingerprint density at radius 3 is 1.61 bits per heavy atom. The Morgan fingerprint density at radius 2 is 1.39 bits per heavy atom. The van der Waals surface area contributed by atoms with Crippen molar-refractivity contribution < 1.29 is 24.5 Å². The molecule has 2 amide bonds. The summed E-state index contributed by atoms with van der Waals surface area (Å²) in [4.78, 5) is 14.6. The molecule has 0 saturated carbocycles. The quantitative estimate of drug-likeness (QED) is 0.711. The first-order valence-corrected chi connectivity index (χ1v) is 6.05.